The van der Waals surface area contributed by atoms with Gasteiger partial charge in [0.2, 0.25) is 5.96 Å². The van der Waals surface area contributed by atoms with Crippen LogP contribution >= 0.6 is 0 Å². The zero-order chi connectivity index (χ0) is 9.14. The Hall–Kier alpha value is -1.34. The van der Waals surface area contributed by atoms with E-state index >= 15 is 0 Å². The van der Waals surface area contributed by atoms with Gasteiger partial charge < -0.3 is 5.11 Å². The van der Waals surface area contributed by atoms with Crippen molar-refractivity contribution < 1.29 is 9.90 Å². The molecule has 1 aliphatic rings. The van der Waals surface area contributed by atoms with E-state index in [2.05, 4.69) is 5.43 Å². The molecule has 0 spiro atoms. The van der Waals surface area contributed by atoms with Crippen molar-refractivity contribution in [1.82, 2.24) is 15.4 Å². The van der Waals surface area contributed by atoms with Crippen molar-refractivity contribution in [3.05, 3.63) is 0 Å². The smallest absolute Gasteiger partial charge is 0.319 e. The standard InChI is InChI=1S/C5H11N5O2/c6-5-9(7)1-2-10(5)8-3-4(11)12/h6,8H,1-3,7H2,(H,11,12). The van der Waals surface area contributed by atoms with Crippen molar-refractivity contribution in [3.63, 3.8) is 0 Å². The summed E-state index contributed by atoms with van der Waals surface area (Å²) in [4.78, 5) is 10.1. The molecular formula is C5H11N5O2. The monoisotopic (exact) mass is 173 g/mol. The summed E-state index contributed by atoms with van der Waals surface area (Å²) in [6, 6.07) is 0. The second-order valence-corrected chi connectivity index (χ2v) is 2.40. The van der Waals surface area contributed by atoms with Gasteiger partial charge >= 0.3 is 5.97 Å². The molecule has 1 rings (SSSR count). The minimum atomic E-state index is -0.960. The van der Waals surface area contributed by atoms with Gasteiger partial charge in [-0.05, 0) is 0 Å². The zero-order valence-electron chi connectivity index (χ0n) is 6.45. The van der Waals surface area contributed by atoms with Gasteiger partial charge in [-0.25, -0.2) is 11.3 Å². The molecule has 0 unspecified atom stereocenters. The van der Waals surface area contributed by atoms with Gasteiger partial charge in [0, 0.05) is 0 Å². The Labute approximate surface area is 69.2 Å². The van der Waals surface area contributed by atoms with Gasteiger partial charge in [0.05, 0.1) is 13.1 Å². The molecule has 1 aliphatic heterocycles. The number of guanidine groups is 1. The Morgan fingerprint density at radius 2 is 2.42 bits per heavy atom. The van der Waals surface area contributed by atoms with Gasteiger partial charge in [0.1, 0.15) is 6.54 Å². The van der Waals surface area contributed by atoms with Crippen LogP contribution in [0.1, 0.15) is 0 Å². The number of hydrogen-bond acceptors (Lipinski definition) is 4. The quantitative estimate of drug-likeness (QED) is 0.368. The van der Waals surface area contributed by atoms with E-state index in [0.29, 0.717) is 13.1 Å². The van der Waals surface area contributed by atoms with Crippen molar-refractivity contribution in [1.29, 1.82) is 5.41 Å². The molecule has 1 heterocycles. The van der Waals surface area contributed by atoms with E-state index in [9.17, 15) is 4.79 Å². The fourth-order valence-electron chi connectivity index (χ4n) is 0.892. The van der Waals surface area contributed by atoms with Crippen LogP contribution < -0.4 is 11.3 Å². The fourth-order valence-corrected chi connectivity index (χ4v) is 0.892. The van der Waals surface area contributed by atoms with Crippen LogP contribution in [0.5, 0.6) is 0 Å². The van der Waals surface area contributed by atoms with Crippen LogP contribution in [0.3, 0.4) is 0 Å². The summed E-state index contributed by atoms with van der Waals surface area (Å²) in [6.45, 7) is 0.865. The number of aliphatic carboxylic acids is 1. The molecular weight excluding hydrogens is 162 g/mol. The predicted octanol–water partition coefficient (Wildman–Crippen LogP) is -2.00. The van der Waals surface area contributed by atoms with Crippen molar-refractivity contribution in [2.75, 3.05) is 19.6 Å². The van der Waals surface area contributed by atoms with Gasteiger partial charge in [0.25, 0.3) is 0 Å². The number of carboxylic acid groups (broad SMARTS) is 1. The fraction of sp³-hybridized carbons (Fsp3) is 0.600. The number of carbonyl (C=O) groups is 1. The molecule has 0 atom stereocenters. The molecule has 0 aromatic rings. The highest BCUT2D eigenvalue weighted by atomic mass is 16.4. The average Bonchev–Trinajstić information content (AvgIpc) is 2.30. The third-order valence-electron chi connectivity index (χ3n) is 1.51. The lowest BCUT2D eigenvalue weighted by Gasteiger charge is -2.17. The first-order chi connectivity index (χ1) is 5.61. The van der Waals surface area contributed by atoms with Crippen LogP contribution in [0.15, 0.2) is 0 Å². The molecule has 0 amide bonds. The van der Waals surface area contributed by atoms with E-state index in [1.54, 1.807) is 0 Å². The van der Waals surface area contributed by atoms with Gasteiger partial charge in [-0.2, -0.15) is 0 Å². The Morgan fingerprint density at radius 3 is 2.83 bits per heavy atom. The summed E-state index contributed by atoms with van der Waals surface area (Å²) in [5.74, 6) is 4.49. The van der Waals surface area contributed by atoms with E-state index in [-0.39, 0.29) is 12.5 Å². The average molecular weight is 173 g/mol. The minimum Gasteiger partial charge on any atom is -0.480 e. The van der Waals surface area contributed by atoms with Crippen LogP contribution in [0.25, 0.3) is 0 Å². The summed E-state index contributed by atoms with van der Waals surface area (Å²) >= 11 is 0. The van der Waals surface area contributed by atoms with Crippen molar-refractivity contribution >= 4 is 11.9 Å². The molecule has 0 saturated carbocycles. The highest BCUT2D eigenvalue weighted by Crippen LogP contribution is 1.97. The SMILES string of the molecule is N=C1N(N)CCN1NCC(=O)O. The molecule has 0 aromatic carbocycles. The van der Waals surface area contributed by atoms with Crippen LogP contribution in [0.4, 0.5) is 0 Å². The highest BCUT2D eigenvalue weighted by molar-refractivity contribution is 5.78. The van der Waals surface area contributed by atoms with Crippen LogP contribution in [0.2, 0.25) is 0 Å². The molecule has 0 aliphatic carbocycles. The third kappa shape index (κ3) is 1.83. The highest BCUT2D eigenvalue weighted by Gasteiger charge is 2.22. The first-order valence-electron chi connectivity index (χ1n) is 3.45. The van der Waals surface area contributed by atoms with E-state index in [0.717, 1.165) is 0 Å². The Morgan fingerprint density at radius 1 is 1.75 bits per heavy atom. The number of hydrogen-bond donors (Lipinski definition) is 4. The molecule has 68 valence electrons. The topological polar surface area (TPSA) is 106 Å². The summed E-state index contributed by atoms with van der Waals surface area (Å²) in [6.07, 6.45) is 0. The Balaban J connectivity index is 2.34. The van der Waals surface area contributed by atoms with Gasteiger partial charge in [-0.1, -0.05) is 0 Å². The lowest BCUT2D eigenvalue weighted by atomic mass is 10.6. The van der Waals surface area contributed by atoms with Crippen molar-refractivity contribution in [3.8, 4) is 0 Å². The minimum absolute atomic E-state index is 0.0938. The largest absolute Gasteiger partial charge is 0.480 e. The summed E-state index contributed by atoms with van der Waals surface area (Å²) < 4.78 is 0. The number of hydrazine groups is 2. The number of nitrogens with one attached hydrogen (secondary N) is 2. The molecule has 1 saturated heterocycles. The maximum absolute atomic E-state index is 10.1. The lowest BCUT2D eigenvalue weighted by Crippen LogP contribution is -2.45. The van der Waals surface area contributed by atoms with Gasteiger partial charge in [-0.3, -0.25) is 20.2 Å². The maximum atomic E-state index is 10.1. The zero-order valence-corrected chi connectivity index (χ0v) is 6.45. The molecule has 0 bridgehead atoms. The van der Waals surface area contributed by atoms with E-state index in [4.69, 9.17) is 16.4 Å². The number of nitrogens with two attached hydrogens (primary N) is 1. The van der Waals surface area contributed by atoms with E-state index in [1.807, 2.05) is 0 Å². The molecule has 5 N–H and O–H groups in total. The summed E-state index contributed by atoms with van der Waals surface area (Å²) in [5, 5.41) is 18.3. The number of nitrogens with zero attached hydrogens (tertiary/aromatic N) is 2. The molecule has 12 heavy (non-hydrogen) atoms. The normalized spacial score (nSPS) is 17.2. The van der Waals surface area contributed by atoms with E-state index < -0.39 is 5.97 Å². The predicted molar refractivity (Wildman–Crippen MR) is 41.0 cm³/mol. The van der Waals surface area contributed by atoms with Crippen molar-refractivity contribution in [2.24, 2.45) is 5.84 Å². The van der Waals surface area contributed by atoms with Crippen LogP contribution in [0, 0.1) is 5.41 Å². The second-order valence-electron chi connectivity index (χ2n) is 2.40. The molecule has 0 radical (unpaired) electrons. The summed E-state index contributed by atoms with van der Waals surface area (Å²) in [7, 11) is 0. The lowest BCUT2D eigenvalue weighted by molar-refractivity contribution is -0.136. The van der Waals surface area contributed by atoms with Gasteiger partial charge in [-0.15, -0.1) is 0 Å². The Kier molecular flexibility index (Phi) is 2.46. The van der Waals surface area contributed by atoms with E-state index in [1.165, 1.54) is 10.0 Å². The summed E-state index contributed by atoms with van der Waals surface area (Å²) in [5.41, 5.74) is 2.55. The molecule has 7 heteroatoms. The van der Waals surface area contributed by atoms with Crippen LogP contribution in [-0.4, -0.2) is 46.7 Å². The first-order valence-corrected chi connectivity index (χ1v) is 3.45. The number of carboxylic acids is 1. The molecule has 1 fully saturated rings. The second kappa shape index (κ2) is 3.37. The number of rotatable bonds is 3. The van der Waals surface area contributed by atoms with Crippen molar-refractivity contribution in [2.45, 2.75) is 0 Å². The Bertz CT molecular complexity index is 206. The molecule has 0 aromatic heterocycles. The van der Waals surface area contributed by atoms with Crippen LogP contribution in [-0.2, 0) is 4.79 Å². The van der Waals surface area contributed by atoms with Gasteiger partial charge in [0.15, 0.2) is 0 Å². The molecule has 7 nitrogen and oxygen atoms in total. The maximum Gasteiger partial charge on any atom is 0.319 e. The third-order valence-corrected chi connectivity index (χ3v) is 1.51. The first kappa shape index (κ1) is 8.75.